The van der Waals surface area contributed by atoms with Crippen molar-refractivity contribution in [2.45, 2.75) is 43.5 Å². The van der Waals surface area contributed by atoms with Crippen molar-refractivity contribution in [3.8, 4) is 22.7 Å². The zero-order chi connectivity index (χ0) is 32.1. The first kappa shape index (κ1) is 30.8. The van der Waals surface area contributed by atoms with Gasteiger partial charge in [-0.25, -0.2) is 13.1 Å². The van der Waals surface area contributed by atoms with Crippen LogP contribution in [-0.4, -0.2) is 61.4 Å². The maximum atomic E-state index is 13.1. The van der Waals surface area contributed by atoms with Crippen LogP contribution >= 0.6 is 11.6 Å². The molecule has 1 unspecified atom stereocenters. The summed E-state index contributed by atoms with van der Waals surface area (Å²) in [6, 6.07) is 16.8. The molecule has 0 saturated carbocycles. The topological polar surface area (TPSA) is 152 Å². The van der Waals surface area contributed by atoms with Crippen molar-refractivity contribution in [3.05, 3.63) is 88.1 Å². The molecule has 2 amide bonds. The molecule has 1 atom stereocenters. The minimum Gasteiger partial charge on any atom is -0.491 e. The van der Waals surface area contributed by atoms with E-state index in [0.717, 1.165) is 22.9 Å². The Labute approximate surface area is 265 Å². The van der Waals surface area contributed by atoms with Gasteiger partial charge in [0.2, 0.25) is 0 Å². The molecule has 3 N–H and O–H groups in total. The van der Waals surface area contributed by atoms with Crippen LogP contribution in [-0.2, 0) is 32.2 Å². The van der Waals surface area contributed by atoms with Gasteiger partial charge in [-0.05, 0) is 86.8 Å². The number of hydrogen-bond acceptors (Lipinski definition) is 8. The Bertz CT molecular complexity index is 1940. The SMILES string of the molecule is CC1(C)OCC(COc2ccc(-n3nc(C(N)=O)c4c3-c3cc(NC(=O)c5ccc(S(C)(=O)=O)cc5Cl)ccc3CC4)cc2)O1. The first-order valence-corrected chi connectivity index (χ1v) is 16.5. The normalized spacial score (nSPS) is 16.9. The fraction of sp³-hybridized carbons (Fsp3) is 0.281. The average molecular weight is 651 g/mol. The number of aromatic nitrogens is 2. The van der Waals surface area contributed by atoms with Gasteiger partial charge >= 0.3 is 0 Å². The number of nitrogens with one attached hydrogen (secondary N) is 1. The average Bonchev–Trinajstić information content (AvgIpc) is 3.55. The number of primary amides is 1. The highest BCUT2D eigenvalue weighted by Crippen LogP contribution is 2.39. The molecule has 11 nitrogen and oxygen atoms in total. The summed E-state index contributed by atoms with van der Waals surface area (Å²) >= 11 is 6.27. The van der Waals surface area contributed by atoms with Crippen LogP contribution in [0.15, 0.2) is 65.6 Å². The molecule has 45 heavy (non-hydrogen) atoms. The third-order valence-corrected chi connectivity index (χ3v) is 9.10. The Morgan fingerprint density at radius 3 is 2.51 bits per heavy atom. The summed E-state index contributed by atoms with van der Waals surface area (Å²) in [5.74, 6) is -1.13. The lowest BCUT2D eigenvalue weighted by Gasteiger charge is -2.20. The van der Waals surface area contributed by atoms with Crippen molar-refractivity contribution in [1.29, 1.82) is 0 Å². The Balaban J connectivity index is 1.29. The van der Waals surface area contributed by atoms with Crippen LogP contribution in [0.1, 0.15) is 45.8 Å². The molecule has 4 aromatic rings. The van der Waals surface area contributed by atoms with Gasteiger partial charge in [0.15, 0.2) is 21.3 Å². The number of benzene rings is 3. The molecule has 0 radical (unpaired) electrons. The summed E-state index contributed by atoms with van der Waals surface area (Å²) in [4.78, 5) is 25.6. The monoisotopic (exact) mass is 650 g/mol. The number of aryl methyl sites for hydroxylation is 1. The smallest absolute Gasteiger partial charge is 0.269 e. The number of sulfone groups is 1. The lowest BCUT2D eigenvalue weighted by molar-refractivity contribution is -0.141. The summed E-state index contributed by atoms with van der Waals surface area (Å²) < 4.78 is 42.7. The second-order valence-corrected chi connectivity index (χ2v) is 13.9. The van der Waals surface area contributed by atoms with Gasteiger partial charge in [0.1, 0.15) is 18.5 Å². The predicted octanol–water partition coefficient (Wildman–Crippen LogP) is 4.58. The molecule has 2 heterocycles. The van der Waals surface area contributed by atoms with E-state index in [-0.39, 0.29) is 27.3 Å². The number of anilines is 1. The maximum absolute atomic E-state index is 13.1. The van der Waals surface area contributed by atoms with E-state index in [1.165, 1.54) is 18.2 Å². The van der Waals surface area contributed by atoms with E-state index in [9.17, 15) is 18.0 Å². The standard InChI is InChI=1S/C32H31ClN4O7S/c1-32(2)43-17-22(44-32)16-42-21-9-7-20(8-10-21)37-29-25(28(36-37)30(34)38)12-5-18-4-6-19(14-26(18)29)35-31(39)24-13-11-23(15-27(24)33)45(3,40)41/h4,6-11,13-15,22H,5,12,16-17H2,1-3H3,(H2,34,38)(H,35,39). The molecule has 1 aliphatic carbocycles. The Morgan fingerprint density at radius 1 is 1.11 bits per heavy atom. The lowest BCUT2D eigenvalue weighted by atomic mass is 9.88. The van der Waals surface area contributed by atoms with E-state index in [1.807, 2.05) is 50.2 Å². The van der Waals surface area contributed by atoms with Gasteiger partial charge < -0.3 is 25.3 Å². The van der Waals surface area contributed by atoms with E-state index >= 15 is 0 Å². The zero-order valence-corrected chi connectivity index (χ0v) is 26.4. The molecule has 1 aliphatic heterocycles. The second-order valence-electron chi connectivity index (χ2n) is 11.4. The number of nitrogens with two attached hydrogens (primary N) is 1. The van der Waals surface area contributed by atoms with Gasteiger partial charge in [-0.2, -0.15) is 5.10 Å². The molecule has 0 spiro atoms. The van der Waals surface area contributed by atoms with Gasteiger partial charge in [-0.3, -0.25) is 9.59 Å². The second kappa shape index (κ2) is 11.6. The predicted molar refractivity (Wildman–Crippen MR) is 168 cm³/mol. The summed E-state index contributed by atoms with van der Waals surface area (Å²) in [6.45, 7) is 4.50. The number of hydrogen-bond donors (Lipinski definition) is 2. The van der Waals surface area contributed by atoms with Crippen LogP contribution in [0.2, 0.25) is 5.02 Å². The van der Waals surface area contributed by atoms with Gasteiger partial charge in [-0.15, -0.1) is 0 Å². The Hall–Kier alpha value is -4.23. The fourth-order valence-electron chi connectivity index (χ4n) is 5.53. The van der Waals surface area contributed by atoms with Crippen molar-refractivity contribution in [2.24, 2.45) is 5.73 Å². The molecule has 0 bridgehead atoms. The first-order chi connectivity index (χ1) is 21.3. The zero-order valence-electron chi connectivity index (χ0n) is 24.8. The molecule has 13 heteroatoms. The molecule has 6 rings (SSSR count). The minimum absolute atomic E-state index is 0.0141. The fourth-order valence-corrected chi connectivity index (χ4v) is 6.51. The largest absolute Gasteiger partial charge is 0.491 e. The summed E-state index contributed by atoms with van der Waals surface area (Å²) in [6.07, 6.45) is 2.11. The van der Waals surface area contributed by atoms with Crippen molar-refractivity contribution in [2.75, 3.05) is 24.8 Å². The molecule has 1 saturated heterocycles. The summed E-state index contributed by atoms with van der Waals surface area (Å²) in [5, 5.41) is 7.46. The van der Waals surface area contributed by atoms with Crippen molar-refractivity contribution >= 4 is 38.9 Å². The van der Waals surface area contributed by atoms with Gasteiger partial charge in [0.05, 0.1) is 33.5 Å². The van der Waals surface area contributed by atoms with Crippen LogP contribution in [0.4, 0.5) is 5.69 Å². The summed E-state index contributed by atoms with van der Waals surface area (Å²) in [5.41, 5.74) is 10.4. The molecule has 2 aliphatic rings. The lowest BCUT2D eigenvalue weighted by Crippen LogP contribution is -2.25. The van der Waals surface area contributed by atoms with E-state index in [0.29, 0.717) is 48.9 Å². The highest BCUT2D eigenvalue weighted by Gasteiger charge is 2.33. The number of rotatable bonds is 8. The highest BCUT2D eigenvalue weighted by molar-refractivity contribution is 7.90. The Morgan fingerprint density at radius 2 is 1.87 bits per heavy atom. The molecular weight excluding hydrogens is 620 g/mol. The molecular formula is C32H31ClN4O7S. The number of amides is 2. The van der Waals surface area contributed by atoms with Crippen molar-refractivity contribution in [1.82, 2.24) is 9.78 Å². The van der Waals surface area contributed by atoms with Gasteiger partial charge in [0.25, 0.3) is 11.8 Å². The van der Waals surface area contributed by atoms with Crippen molar-refractivity contribution < 1.29 is 32.2 Å². The highest BCUT2D eigenvalue weighted by atomic mass is 35.5. The van der Waals surface area contributed by atoms with Crippen LogP contribution in [0.3, 0.4) is 0 Å². The number of carbonyl (C=O) groups is 2. The molecule has 1 aromatic heterocycles. The number of halogens is 1. The minimum atomic E-state index is -3.48. The van der Waals surface area contributed by atoms with Crippen molar-refractivity contribution in [3.63, 3.8) is 0 Å². The molecule has 3 aromatic carbocycles. The van der Waals surface area contributed by atoms with Gasteiger partial charge in [0, 0.05) is 23.1 Å². The molecule has 1 fully saturated rings. The number of fused-ring (bicyclic) bond motifs is 3. The number of nitrogens with zero attached hydrogens (tertiary/aromatic N) is 2. The third kappa shape index (κ3) is 6.32. The third-order valence-electron chi connectivity index (χ3n) is 7.68. The van der Waals surface area contributed by atoms with E-state index < -0.39 is 27.4 Å². The number of ether oxygens (including phenoxy) is 3. The van der Waals surface area contributed by atoms with Gasteiger partial charge in [-0.1, -0.05) is 17.7 Å². The van der Waals surface area contributed by atoms with E-state index in [4.69, 9.17) is 31.5 Å². The summed E-state index contributed by atoms with van der Waals surface area (Å²) in [7, 11) is -3.48. The van der Waals surface area contributed by atoms with Crippen LogP contribution in [0, 0.1) is 0 Å². The Kier molecular flexibility index (Phi) is 7.94. The van der Waals surface area contributed by atoms with E-state index in [2.05, 4.69) is 10.4 Å². The maximum Gasteiger partial charge on any atom is 0.269 e. The van der Waals surface area contributed by atoms with E-state index in [1.54, 1.807) is 10.7 Å². The van der Waals surface area contributed by atoms with Crippen LogP contribution in [0.5, 0.6) is 5.75 Å². The quantitative estimate of drug-likeness (QED) is 0.281. The number of carbonyl (C=O) groups excluding carboxylic acids is 2. The van der Waals surface area contributed by atoms with Crippen LogP contribution in [0.25, 0.3) is 16.9 Å². The molecule has 234 valence electrons. The van der Waals surface area contributed by atoms with Crippen LogP contribution < -0.4 is 15.8 Å². The first-order valence-electron chi connectivity index (χ1n) is 14.2.